The Hall–Kier alpha value is -3.90. The van der Waals surface area contributed by atoms with Crippen molar-refractivity contribution in [3.05, 3.63) is 65.2 Å². The molecule has 3 aromatic heterocycles. The number of hydrogen-bond donors (Lipinski definition) is 1. The first-order chi connectivity index (χ1) is 14.9. The molecular formula is C21H18ClN7O2. The molecule has 1 N–H and O–H groups in total. The number of amides is 1. The normalized spacial score (nSPS) is 11.8. The second-order valence-electron chi connectivity index (χ2n) is 7.08. The molecule has 0 bridgehead atoms. The van der Waals surface area contributed by atoms with E-state index in [4.69, 9.17) is 21.4 Å². The molecule has 0 saturated heterocycles. The smallest absolute Gasteiger partial charge is 0.273 e. The Labute approximate surface area is 182 Å². The molecule has 1 unspecified atom stereocenters. The van der Waals surface area contributed by atoms with Crippen molar-refractivity contribution in [2.24, 2.45) is 7.05 Å². The van der Waals surface area contributed by atoms with Gasteiger partial charge in [0.1, 0.15) is 6.07 Å². The average molecular weight is 436 g/mol. The number of carbonyl (C=O) groups is 1. The number of aromatic nitrogens is 5. The Bertz CT molecular complexity index is 1280. The summed E-state index contributed by atoms with van der Waals surface area (Å²) in [5, 5.41) is 24.7. The summed E-state index contributed by atoms with van der Waals surface area (Å²) in [7, 11) is 1.80. The number of halogens is 1. The van der Waals surface area contributed by atoms with Crippen LogP contribution in [0.2, 0.25) is 5.02 Å². The topological polar surface area (TPSA) is 115 Å². The average Bonchev–Trinajstić information content (AvgIpc) is 3.48. The van der Waals surface area contributed by atoms with Gasteiger partial charge in [-0.2, -0.15) is 15.5 Å². The van der Waals surface area contributed by atoms with Crippen LogP contribution in [-0.2, 0) is 13.6 Å². The molecule has 4 aromatic rings. The van der Waals surface area contributed by atoms with Crippen LogP contribution in [0.1, 0.15) is 23.0 Å². The summed E-state index contributed by atoms with van der Waals surface area (Å²) in [5.41, 5.74) is 2.89. The van der Waals surface area contributed by atoms with Crippen LogP contribution in [-0.4, -0.2) is 36.7 Å². The van der Waals surface area contributed by atoms with E-state index in [1.807, 2.05) is 25.3 Å². The number of aryl methyl sites for hydroxylation is 1. The monoisotopic (exact) mass is 435 g/mol. The highest BCUT2D eigenvalue weighted by atomic mass is 35.5. The van der Waals surface area contributed by atoms with E-state index in [0.717, 1.165) is 16.8 Å². The Morgan fingerprint density at radius 3 is 2.87 bits per heavy atom. The summed E-state index contributed by atoms with van der Waals surface area (Å²) in [6, 6.07) is 10.4. The van der Waals surface area contributed by atoms with Crippen molar-refractivity contribution in [3.63, 3.8) is 0 Å². The molecule has 9 nitrogen and oxygen atoms in total. The fourth-order valence-electron chi connectivity index (χ4n) is 3.07. The maximum Gasteiger partial charge on any atom is 0.273 e. The minimum absolute atomic E-state index is 0.194. The Balaban J connectivity index is 1.39. The second kappa shape index (κ2) is 8.45. The Kier molecular flexibility index (Phi) is 5.56. The van der Waals surface area contributed by atoms with Gasteiger partial charge in [-0.3, -0.25) is 14.2 Å². The van der Waals surface area contributed by atoms with E-state index in [1.165, 1.54) is 0 Å². The van der Waals surface area contributed by atoms with Crippen LogP contribution in [0, 0.1) is 11.3 Å². The van der Waals surface area contributed by atoms with Crippen LogP contribution in [0.25, 0.3) is 22.6 Å². The van der Waals surface area contributed by atoms with Crippen molar-refractivity contribution >= 4 is 17.5 Å². The lowest BCUT2D eigenvalue weighted by Gasteiger charge is -2.12. The van der Waals surface area contributed by atoms with Crippen LogP contribution >= 0.6 is 11.6 Å². The molecule has 0 spiro atoms. The predicted molar refractivity (Wildman–Crippen MR) is 113 cm³/mol. The predicted octanol–water partition coefficient (Wildman–Crippen LogP) is 3.28. The Morgan fingerprint density at radius 2 is 2.16 bits per heavy atom. The van der Waals surface area contributed by atoms with E-state index in [0.29, 0.717) is 22.9 Å². The van der Waals surface area contributed by atoms with E-state index < -0.39 is 0 Å². The molecule has 4 rings (SSSR count). The van der Waals surface area contributed by atoms with Gasteiger partial charge in [-0.25, -0.2) is 0 Å². The van der Waals surface area contributed by atoms with Gasteiger partial charge in [0.25, 0.3) is 5.91 Å². The van der Waals surface area contributed by atoms with Crippen molar-refractivity contribution < 1.29 is 9.32 Å². The summed E-state index contributed by atoms with van der Waals surface area (Å²) >= 11 is 6.11. The quantitative estimate of drug-likeness (QED) is 0.497. The van der Waals surface area contributed by atoms with Crippen LogP contribution in [0.3, 0.4) is 0 Å². The third kappa shape index (κ3) is 4.49. The third-order valence-corrected chi connectivity index (χ3v) is 4.91. The molecule has 1 amide bonds. The number of benzene rings is 1. The number of nitrogens with one attached hydrogen (secondary N) is 1. The van der Waals surface area contributed by atoms with Crippen LogP contribution in [0.15, 0.2) is 53.4 Å². The van der Waals surface area contributed by atoms with Gasteiger partial charge in [0, 0.05) is 37.1 Å². The van der Waals surface area contributed by atoms with Gasteiger partial charge in [0.15, 0.2) is 11.5 Å². The SMILES string of the molecule is CC(Cn1ccc(-c2ccc(C#N)c(Cl)c2)n1)NC(=O)c1cc(-c2cnn(C)c2)on1. The summed E-state index contributed by atoms with van der Waals surface area (Å²) < 4.78 is 8.63. The van der Waals surface area contributed by atoms with E-state index in [2.05, 4.69) is 20.7 Å². The standard InChI is InChI=1S/C21H18ClN7O2/c1-13(25-21(30)19-8-20(31-27-19)16-10-24-28(2)12-16)11-29-6-5-18(26-29)14-3-4-15(9-23)17(22)7-14/h3-8,10,12-13H,11H2,1-2H3,(H,25,30). The van der Waals surface area contributed by atoms with Gasteiger partial charge in [-0.15, -0.1) is 0 Å². The van der Waals surface area contributed by atoms with Crippen molar-refractivity contribution in [2.75, 3.05) is 0 Å². The molecule has 31 heavy (non-hydrogen) atoms. The number of carbonyl (C=O) groups excluding carboxylic acids is 1. The first kappa shape index (κ1) is 20.4. The number of hydrogen-bond acceptors (Lipinski definition) is 6. The van der Waals surface area contributed by atoms with E-state index in [1.54, 1.807) is 53.1 Å². The summed E-state index contributed by atoms with van der Waals surface area (Å²) in [5.74, 6) is 0.140. The summed E-state index contributed by atoms with van der Waals surface area (Å²) in [6.45, 7) is 2.34. The molecule has 0 saturated carbocycles. The van der Waals surface area contributed by atoms with Gasteiger partial charge in [-0.1, -0.05) is 22.8 Å². The highest BCUT2D eigenvalue weighted by Gasteiger charge is 2.17. The van der Waals surface area contributed by atoms with Crippen LogP contribution < -0.4 is 5.32 Å². The van der Waals surface area contributed by atoms with Gasteiger partial charge >= 0.3 is 0 Å². The Morgan fingerprint density at radius 1 is 1.32 bits per heavy atom. The first-order valence-electron chi connectivity index (χ1n) is 9.43. The number of nitriles is 1. The van der Waals surface area contributed by atoms with Gasteiger partial charge < -0.3 is 9.84 Å². The zero-order valence-corrected chi connectivity index (χ0v) is 17.5. The summed E-state index contributed by atoms with van der Waals surface area (Å²) in [4.78, 5) is 12.5. The van der Waals surface area contributed by atoms with Crippen molar-refractivity contribution in [2.45, 2.75) is 19.5 Å². The zero-order chi connectivity index (χ0) is 22.0. The minimum Gasteiger partial charge on any atom is -0.355 e. The van der Waals surface area contributed by atoms with Crippen LogP contribution in [0.4, 0.5) is 0 Å². The van der Waals surface area contributed by atoms with E-state index >= 15 is 0 Å². The maximum absolute atomic E-state index is 12.5. The minimum atomic E-state index is -0.336. The molecule has 1 aromatic carbocycles. The molecule has 3 heterocycles. The number of nitrogens with zero attached hydrogens (tertiary/aromatic N) is 6. The lowest BCUT2D eigenvalue weighted by Crippen LogP contribution is -2.36. The molecule has 1 atom stereocenters. The van der Waals surface area contributed by atoms with Crippen molar-refractivity contribution in [3.8, 4) is 28.7 Å². The molecule has 10 heteroatoms. The highest BCUT2D eigenvalue weighted by molar-refractivity contribution is 6.32. The molecule has 0 aliphatic rings. The van der Waals surface area contributed by atoms with E-state index in [9.17, 15) is 4.79 Å². The first-order valence-corrected chi connectivity index (χ1v) is 9.81. The van der Waals surface area contributed by atoms with Crippen molar-refractivity contribution in [1.29, 1.82) is 5.26 Å². The third-order valence-electron chi connectivity index (χ3n) is 4.60. The summed E-state index contributed by atoms with van der Waals surface area (Å²) in [6.07, 6.45) is 5.24. The highest BCUT2D eigenvalue weighted by Crippen LogP contribution is 2.24. The fourth-order valence-corrected chi connectivity index (χ4v) is 3.30. The molecule has 156 valence electrons. The number of rotatable bonds is 6. The fraction of sp³-hybridized carbons (Fsp3) is 0.190. The molecule has 0 radical (unpaired) electrons. The second-order valence-corrected chi connectivity index (χ2v) is 7.49. The maximum atomic E-state index is 12.5. The van der Waals surface area contributed by atoms with Crippen LogP contribution in [0.5, 0.6) is 0 Å². The largest absolute Gasteiger partial charge is 0.355 e. The molecule has 0 fully saturated rings. The van der Waals surface area contributed by atoms with Gasteiger partial charge in [0.2, 0.25) is 0 Å². The molecular weight excluding hydrogens is 418 g/mol. The van der Waals surface area contributed by atoms with E-state index in [-0.39, 0.29) is 17.6 Å². The van der Waals surface area contributed by atoms with Crippen molar-refractivity contribution in [1.82, 2.24) is 30.0 Å². The lowest BCUT2D eigenvalue weighted by atomic mass is 10.1. The zero-order valence-electron chi connectivity index (χ0n) is 16.8. The lowest BCUT2D eigenvalue weighted by molar-refractivity contribution is 0.0927. The molecule has 0 aliphatic heterocycles. The van der Waals surface area contributed by atoms with Gasteiger partial charge in [-0.05, 0) is 25.1 Å². The van der Waals surface area contributed by atoms with Gasteiger partial charge in [0.05, 0.1) is 34.6 Å². The molecule has 0 aliphatic carbocycles.